The van der Waals surface area contributed by atoms with E-state index in [4.69, 9.17) is 23.7 Å². The van der Waals surface area contributed by atoms with Crippen molar-refractivity contribution in [2.24, 2.45) is 0 Å². The number of fused-ring (bicyclic) bond motifs is 1. The van der Waals surface area contributed by atoms with E-state index in [2.05, 4.69) is 0 Å². The van der Waals surface area contributed by atoms with Gasteiger partial charge < -0.3 is 23.7 Å². The van der Waals surface area contributed by atoms with E-state index in [0.29, 0.717) is 5.56 Å². The molecule has 7 heteroatoms. The number of methoxy groups -OCH3 is 1. The fourth-order valence-corrected chi connectivity index (χ4v) is 2.71. The minimum atomic E-state index is -1.04. The third kappa shape index (κ3) is 3.08. The monoisotopic (exact) mass is 322 g/mol. The fourth-order valence-electron chi connectivity index (χ4n) is 2.71. The van der Waals surface area contributed by atoms with Crippen molar-refractivity contribution in [3.63, 3.8) is 0 Å². The number of ether oxygens (including phenoxy) is 5. The average Bonchev–Trinajstić information content (AvgIpc) is 3.01. The standard InChI is InChI=1S/C16H18O7/c1-16(2)22-10-11(14(18)19-3)20-15(12(10)23-16)21-13(17)9-7-5-4-6-8-9/h4-8,10-12,15H,1-3H3/t10-,11+,12-,15+/m1/s1. The van der Waals surface area contributed by atoms with Gasteiger partial charge in [0.15, 0.2) is 18.0 Å². The van der Waals surface area contributed by atoms with Gasteiger partial charge in [0.25, 0.3) is 0 Å². The Bertz CT molecular complexity index is 598. The molecule has 3 rings (SSSR count). The fraction of sp³-hybridized carbons (Fsp3) is 0.500. The van der Waals surface area contributed by atoms with Crippen LogP contribution < -0.4 is 0 Å². The summed E-state index contributed by atoms with van der Waals surface area (Å²) in [5.41, 5.74) is 0.382. The molecule has 2 fully saturated rings. The zero-order valence-corrected chi connectivity index (χ0v) is 13.1. The molecule has 0 aliphatic carbocycles. The van der Waals surface area contributed by atoms with Crippen molar-refractivity contribution in [1.82, 2.24) is 0 Å². The summed E-state index contributed by atoms with van der Waals surface area (Å²) < 4.78 is 27.0. The lowest BCUT2D eigenvalue weighted by Crippen LogP contribution is -2.36. The minimum Gasteiger partial charge on any atom is -0.467 e. The van der Waals surface area contributed by atoms with E-state index in [-0.39, 0.29) is 0 Å². The summed E-state index contributed by atoms with van der Waals surface area (Å²) in [5, 5.41) is 0. The molecule has 2 aliphatic heterocycles. The molecular weight excluding hydrogens is 304 g/mol. The van der Waals surface area contributed by atoms with Crippen LogP contribution in [0.3, 0.4) is 0 Å². The highest BCUT2D eigenvalue weighted by Crippen LogP contribution is 2.39. The van der Waals surface area contributed by atoms with Crippen molar-refractivity contribution in [1.29, 1.82) is 0 Å². The Hall–Kier alpha value is -1.96. The van der Waals surface area contributed by atoms with Crippen molar-refractivity contribution in [3.8, 4) is 0 Å². The number of carbonyl (C=O) groups excluding carboxylic acids is 2. The molecule has 1 aromatic rings. The summed E-state index contributed by atoms with van der Waals surface area (Å²) >= 11 is 0. The van der Waals surface area contributed by atoms with E-state index in [1.165, 1.54) is 7.11 Å². The van der Waals surface area contributed by atoms with E-state index in [1.54, 1.807) is 44.2 Å². The largest absolute Gasteiger partial charge is 0.467 e. The highest BCUT2D eigenvalue weighted by molar-refractivity contribution is 5.89. The quantitative estimate of drug-likeness (QED) is 0.775. The van der Waals surface area contributed by atoms with Gasteiger partial charge in [-0.2, -0.15) is 0 Å². The first-order valence-electron chi connectivity index (χ1n) is 7.26. The smallest absolute Gasteiger partial charge is 0.340 e. The first kappa shape index (κ1) is 15.9. The molecule has 2 heterocycles. The predicted molar refractivity (Wildman–Crippen MR) is 76.4 cm³/mol. The molecule has 0 N–H and O–H groups in total. The van der Waals surface area contributed by atoms with Crippen molar-refractivity contribution in [2.45, 2.75) is 44.2 Å². The maximum Gasteiger partial charge on any atom is 0.340 e. The number of esters is 2. The van der Waals surface area contributed by atoms with Gasteiger partial charge in [-0.25, -0.2) is 9.59 Å². The zero-order valence-electron chi connectivity index (χ0n) is 13.1. The van der Waals surface area contributed by atoms with Crippen molar-refractivity contribution in [2.75, 3.05) is 7.11 Å². The Balaban J connectivity index is 1.77. The van der Waals surface area contributed by atoms with Crippen LogP contribution in [0.4, 0.5) is 0 Å². The van der Waals surface area contributed by atoms with Crippen LogP contribution in [0.15, 0.2) is 30.3 Å². The molecular formula is C16H18O7. The van der Waals surface area contributed by atoms with Crippen LogP contribution in [-0.4, -0.2) is 49.4 Å². The van der Waals surface area contributed by atoms with Gasteiger partial charge in [0, 0.05) is 0 Å². The van der Waals surface area contributed by atoms with Gasteiger partial charge in [0.1, 0.15) is 6.10 Å². The summed E-state index contributed by atoms with van der Waals surface area (Å²) in [5.74, 6) is -2.06. The molecule has 0 amide bonds. The summed E-state index contributed by atoms with van der Waals surface area (Å²) in [7, 11) is 1.25. The molecule has 7 nitrogen and oxygen atoms in total. The van der Waals surface area contributed by atoms with Crippen molar-refractivity contribution >= 4 is 11.9 Å². The van der Waals surface area contributed by atoms with Gasteiger partial charge >= 0.3 is 11.9 Å². The third-order valence-corrected chi connectivity index (χ3v) is 3.68. The van der Waals surface area contributed by atoms with Crippen LogP contribution in [0.5, 0.6) is 0 Å². The van der Waals surface area contributed by atoms with Crippen LogP contribution in [0.25, 0.3) is 0 Å². The molecule has 0 radical (unpaired) electrons. The average molecular weight is 322 g/mol. The Labute approximate surface area is 133 Å². The van der Waals surface area contributed by atoms with Gasteiger partial charge in [-0.15, -0.1) is 0 Å². The van der Waals surface area contributed by atoms with E-state index in [0.717, 1.165) is 0 Å². The second-order valence-electron chi connectivity index (χ2n) is 5.78. The van der Waals surface area contributed by atoms with Gasteiger partial charge in [-0.05, 0) is 26.0 Å². The molecule has 23 heavy (non-hydrogen) atoms. The summed E-state index contributed by atoms with van der Waals surface area (Å²) in [6.07, 6.45) is -3.42. The van der Waals surface area contributed by atoms with Crippen molar-refractivity contribution < 1.29 is 33.3 Å². The Kier molecular flexibility index (Phi) is 4.09. The Morgan fingerprint density at radius 1 is 1.09 bits per heavy atom. The normalized spacial score (nSPS) is 31.4. The molecule has 2 saturated heterocycles. The van der Waals surface area contributed by atoms with Crippen LogP contribution in [-0.2, 0) is 28.5 Å². The number of hydrogen-bond donors (Lipinski definition) is 0. The number of rotatable bonds is 3. The molecule has 0 bridgehead atoms. The molecule has 0 unspecified atom stereocenters. The molecule has 0 aromatic heterocycles. The second kappa shape index (κ2) is 5.92. The Morgan fingerprint density at radius 2 is 1.74 bits per heavy atom. The summed E-state index contributed by atoms with van der Waals surface area (Å²) in [6, 6.07) is 8.50. The minimum absolute atomic E-state index is 0.382. The van der Waals surface area contributed by atoms with Crippen LogP contribution in [0.1, 0.15) is 24.2 Å². The number of benzene rings is 1. The van der Waals surface area contributed by atoms with Gasteiger partial charge in [0.05, 0.1) is 12.7 Å². The van der Waals surface area contributed by atoms with Gasteiger partial charge in [0.2, 0.25) is 6.29 Å². The molecule has 1 aromatic carbocycles. The molecule has 0 spiro atoms. The highest BCUT2D eigenvalue weighted by Gasteiger charge is 2.59. The lowest BCUT2D eigenvalue weighted by atomic mass is 10.1. The van der Waals surface area contributed by atoms with Crippen molar-refractivity contribution in [3.05, 3.63) is 35.9 Å². The van der Waals surface area contributed by atoms with Gasteiger partial charge in [-0.1, -0.05) is 18.2 Å². The van der Waals surface area contributed by atoms with E-state index >= 15 is 0 Å². The topological polar surface area (TPSA) is 80.3 Å². The summed E-state index contributed by atoms with van der Waals surface area (Å²) in [4.78, 5) is 24.0. The molecule has 0 saturated carbocycles. The highest BCUT2D eigenvalue weighted by atomic mass is 16.8. The van der Waals surface area contributed by atoms with Crippen LogP contribution in [0, 0.1) is 0 Å². The summed E-state index contributed by atoms with van der Waals surface area (Å²) in [6.45, 7) is 3.44. The maximum atomic E-state index is 12.2. The van der Waals surface area contributed by atoms with Crippen LogP contribution in [0.2, 0.25) is 0 Å². The van der Waals surface area contributed by atoms with E-state index < -0.39 is 42.3 Å². The van der Waals surface area contributed by atoms with E-state index in [9.17, 15) is 9.59 Å². The SMILES string of the molecule is COC(=O)[C@H]1O[C@@H](OC(=O)c2ccccc2)[C@@H]2OC(C)(C)O[C@@H]21. The lowest BCUT2D eigenvalue weighted by molar-refractivity contribution is -0.223. The lowest BCUT2D eigenvalue weighted by Gasteiger charge is -2.23. The van der Waals surface area contributed by atoms with E-state index in [1.807, 2.05) is 0 Å². The molecule has 2 aliphatic rings. The predicted octanol–water partition coefficient (Wildman–Crippen LogP) is 1.26. The zero-order chi connectivity index (χ0) is 16.6. The van der Waals surface area contributed by atoms with Gasteiger partial charge in [-0.3, -0.25) is 0 Å². The first-order valence-corrected chi connectivity index (χ1v) is 7.26. The molecule has 124 valence electrons. The number of hydrogen-bond acceptors (Lipinski definition) is 7. The first-order chi connectivity index (χ1) is 10.9. The van der Waals surface area contributed by atoms with Crippen LogP contribution >= 0.6 is 0 Å². The maximum absolute atomic E-state index is 12.2. The Morgan fingerprint density at radius 3 is 2.39 bits per heavy atom. The molecule has 4 atom stereocenters. The third-order valence-electron chi connectivity index (χ3n) is 3.68. The second-order valence-corrected chi connectivity index (χ2v) is 5.78. The number of carbonyl (C=O) groups is 2.